The van der Waals surface area contributed by atoms with Gasteiger partial charge in [0.25, 0.3) is 5.91 Å². The average Bonchev–Trinajstić information content (AvgIpc) is 3.51. The lowest BCUT2D eigenvalue weighted by Crippen LogP contribution is -2.38. The van der Waals surface area contributed by atoms with Crippen molar-refractivity contribution in [1.82, 2.24) is 16.0 Å². The van der Waals surface area contributed by atoms with Crippen LogP contribution in [-0.2, 0) is 16.1 Å². The highest BCUT2D eigenvalue weighted by Gasteiger charge is 2.23. The molecule has 0 unspecified atom stereocenters. The molecule has 0 aromatic heterocycles. The lowest BCUT2D eigenvalue weighted by atomic mass is 10.2. The van der Waals surface area contributed by atoms with Gasteiger partial charge in [-0.1, -0.05) is 26.0 Å². The van der Waals surface area contributed by atoms with Gasteiger partial charge in [-0.25, -0.2) is 4.99 Å². The second kappa shape index (κ2) is 13.0. The van der Waals surface area contributed by atoms with Gasteiger partial charge >= 0.3 is 0 Å². The quantitative estimate of drug-likeness (QED) is 0.267. The summed E-state index contributed by atoms with van der Waals surface area (Å²) in [6.07, 6.45) is 3.09. The molecule has 0 aliphatic heterocycles. The molecule has 2 rings (SSSR count). The molecule has 1 fully saturated rings. The fourth-order valence-corrected chi connectivity index (χ4v) is 2.59. The zero-order chi connectivity index (χ0) is 20.9. The predicted molar refractivity (Wildman–Crippen MR) is 116 cm³/mol. The van der Waals surface area contributed by atoms with E-state index in [1.54, 1.807) is 0 Å². The van der Waals surface area contributed by atoms with Gasteiger partial charge in [-0.05, 0) is 49.8 Å². The molecule has 1 aromatic carbocycles. The Hall–Kier alpha value is -2.28. The van der Waals surface area contributed by atoms with Gasteiger partial charge < -0.3 is 25.4 Å². The second-order valence-corrected chi connectivity index (χ2v) is 7.72. The molecule has 0 heterocycles. The highest BCUT2D eigenvalue weighted by molar-refractivity contribution is 5.79. The van der Waals surface area contributed by atoms with Crippen LogP contribution in [0.25, 0.3) is 0 Å². The van der Waals surface area contributed by atoms with Crippen molar-refractivity contribution in [3.8, 4) is 5.75 Å². The third kappa shape index (κ3) is 10.7. The van der Waals surface area contributed by atoms with Gasteiger partial charge in [0.2, 0.25) is 0 Å². The number of benzene rings is 1. The normalized spacial score (nSPS) is 14.0. The van der Waals surface area contributed by atoms with Crippen molar-refractivity contribution in [3.63, 3.8) is 0 Å². The largest absolute Gasteiger partial charge is 0.484 e. The van der Waals surface area contributed by atoms with Crippen LogP contribution in [0.4, 0.5) is 0 Å². The van der Waals surface area contributed by atoms with Gasteiger partial charge in [0, 0.05) is 32.3 Å². The Morgan fingerprint density at radius 1 is 1.28 bits per heavy atom. The number of hydrogen-bond donors (Lipinski definition) is 3. The Kier molecular flexibility index (Phi) is 10.3. The summed E-state index contributed by atoms with van der Waals surface area (Å²) in [6, 6.07) is 8.07. The number of rotatable bonds is 13. The first-order chi connectivity index (χ1) is 14.1. The summed E-state index contributed by atoms with van der Waals surface area (Å²) in [5.74, 6) is 1.97. The first-order valence-electron chi connectivity index (χ1n) is 10.7. The van der Waals surface area contributed by atoms with Crippen molar-refractivity contribution in [2.45, 2.75) is 52.6 Å². The van der Waals surface area contributed by atoms with Crippen molar-refractivity contribution >= 4 is 11.9 Å². The molecule has 7 heteroatoms. The zero-order valence-corrected chi connectivity index (χ0v) is 18.0. The fourth-order valence-electron chi connectivity index (χ4n) is 2.59. The number of guanidine groups is 1. The summed E-state index contributed by atoms with van der Waals surface area (Å²) in [5, 5.41) is 9.51. The van der Waals surface area contributed by atoms with Crippen molar-refractivity contribution in [2.75, 3.05) is 32.9 Å². The summed E-state index contributed by atoms with van der Waals surface area (Å²) in [6.45, 7) is 10.1. The standard InChI is InChI=1S/C22H36N4O3/c1-4-23-22(24-11-6-12-28-15-17(2)3)25-14-18-7-5-8-20(13-18)29-16-21(27)26-19-9-10-19/h5,7-8,13,17,19H,4,6,9-12,14-16H2,1-3H3,(H,26,27)(H2,23,24,25). The average molecular weight is 405 g/mol. The van der Waals surface area contributed by atoms with Crippen LogP contribution in [0, 0.1) is 5.92 Å². The van der Waals surface area contributed by atoms with Crippen LogP contribution in [0.5, 0.6) is 5.75 Å². The molecular formula is C22H36N4O3. The monoisotopic (exact) mass is 404 g/mol. The van der Waals surface area contributed by atoms with Crippen molar-refractivity contribution in [2.24, 2.45) is 10.9 Å². The van der Waals surface area contributed by atoms with E-state index in [0.29, 0.717) is 24.3 Å². The zero-order valence-electron chi connectivity index (χ0n) is 18.0. The van der Waals surface area contributed by atoms with Crippen LogP contribution >= 0.6 is 0 Å². The highest BCUT2D eigenvalue weighted by atomic mass is 16.5. The molecular weight excluding hydrogens is 368 g/mol. The first kappa shape index (κ1) is 23.0. The Morgan fingerprint density at radius 3 is 2.83 bits per heavy atom. The van der Waals surface area contributed by atoms with E-state index in [9.17, 15) is 4.79 Å². The maximum atomic E-state index is 11.8. The predicted octanol–water partition coefficient (Wildman–Crippen LogP) is 2.46. The third-order valence-electron chi connectivity index (χ3n) is 4.18. The number of aliphatic imine (C=N–C) groups is 1. The Balaban J connectivity index is 1.74. The second-order valence-electron chi connectivity index (χ2n) is 7.72. The van der Waals surface area contributed by atoms with E-state index >= 15 is 0 Å². The third-order valence-corrected chi connectivity index (χ3v) is 4.18. The van der Waals surface area contributed by atoms with Crippen LogP contribution < -0.4 is 20.7 Å². The van der Waals surface area contributed by atoms with Crippen molar-refractivity contribution < 1.29 is 14.3 Å². The molecule has 0 atom stereocenters. The molecule has 1 aliphatic carbocycles. The van der Waals surface area contributed by atoms with Crippen LogP contribution in [-0.4, -0.2) is 50.8 Å². The lowest BCUT2D eigenvalue weighted by Gasteiger charge is -2.12. The van der Waals surface area contributed by atoms with Gasteiger partial charge in [0.15, 0.2) is 12.6 Å². The minimum absolute atomic E-state index is 0.0479. The van der Waals surface area contributed by atoms with E-state index in [1.165, 1.54) is 0 Å². The van der Waals surface area contributed by atoms with Crippen molar-refractivity contribution in [1.29, 1.82) is 0 Å². The maximum absolute atomic E-state index is 11.8. The molecule has 3 N–H and O–H groups in total. The van der Waals surface area contributed by atoms with E-state index in [2.05, 4.69) is 34.8 Å². The van der Waals surface area contributed by atoms with Crippen LogP contribution in [0.2, 0.25) is 0 Å². The topological polar surface area (TPSA) is 84.0 Å². The van der Waals surface area contributed by atoms with E-state index < -0.39 is 0 Å². The van der Waals surface area contributed by atoms with Gasteiger partial charge in [-0.3, -0.25) is 4.79 Å². The molecule has 0 saturated heterocycles. The molecule has 29 heavy (non-hydrogen) atoms. The Morgan fingerprint density at radius 2 is 2.10 bits per heavy atom. The minimum Gasteiger partial charge on any atom is -0.484 e. The van der Waals surface area contributed by atoms with E-state index in [-0.39, 0.29) is 12.5 Å². The number of ether oxygens (including phenoxy) is 2. The number of hydrogen-bond acceptors (Lipinski definition) is 4. The first-order valence-corrected chi connectivity index (χ1v) is 10.7. The summed E-state index contributed by atoms with van der Waals surface area (Å²) in [4.78, 5) is 16.4. The summed E-state index contributed by atoms with van der Waals surface area (Å²) >= 11 is 0. The summed E-state index contributed by atoms with van der Waals surface area (Å²) in [5.41, 5.74) is 1.03. The van der Waals surface area contributed by atoms with Gasteiger partial charge in [-0.15, -0.1) is 0 Å². The molecule has 1 saturated carbocycles. The van der Waals surface area contributed by atoms with Gasteiger partial charge in [0.1, 0.15) is 5.75 Å². The van der Waals surface area contributed by atoms with E-state index in [0.717, 1.165) is 57.1 Å². The van der Waals surface area contributed by atoms with Crippen LogP contribution in [0.1, 0.15) is 45.6 Å². The Labute approximate surface area is 174 Å². The molecule has 0 radical (unpaired) electrons. The summed E-state index contributed by atoms with van der Waals surface area (Å²) < 4.78 is 11.2. The summed E-state index contributed by atoms with van der Waals surface area (Å²) in [7, 11) is 0. The van der Waals surface area contributed by atoms with Gasteiger partial charge in [-0.2, -0.15) is 0 Å². The fraction of sp³-hybridized carbons (Fsp3) is 0.636. The van der Waals surface area contributed by atoms with Crippen molar-refractivity contribution in [3.05, 3.63) is 29.8 Å². The highest BCUT2D eigenvalue weighted by Crippen LogP contribution is 2.18. The number of carbonyl (C=O) groups is 1. The van der Waals surface area contributed by atoms with Gasteiger partial charge in [0.05, 0.1) is 6.54 Å². The number of nitrogens with zero attached hydrogens (tertiary/aromatic N) is 1. The lowest BCUT2D eigenvalue weighted by molar-refractivity contribution is -0.123. The maximum Gasteiger partial charge on any atom is 0.258 e. The van der Waals surface area contributed by atoms with E-state index in [4.69, 9.17) is 9.47 Å². The van der Waals surface area contributed by atoms with Crippen LogP contribution in [0.3, 0.4) is 0 Å². The SMILES string of the molecule is CCNC(=NCc1cccc(OCC(=O)NC2CC2)c1)NCCCOCC(C)C. The number of nitrogens with one attached hydrogen (secondary N) is 3. The molecule has 0 bridgehead atoms. The van der Waals surface area contributed by atoms with Crippen LogP contribution in [0.15, 0.2) is 29.3 Å². The number of amides is 1. The molecule has 7 nitrogen and oxygen atoms in total. The number of carbonyl (C=O) groups excluding carboxylic acids is 1. The molecule has 0 spiro atoms. The molecule has 1 aliphatic rings. The smallest absolute Gasteiger partial charge is 0.258 e. The Bertz CT molecular complexity index is 645. The minimum atomic E-state index is -0.0630. The molecule has 1 aromatic rings. The molecule has 1 amide bonds. The molecule has 162 valence electrons. The van der Waals surface area contributed by atoms with E-state index in [1.807, 2.05) is 31.2 Å².